The Morgan fingerprint density at radius 3 is 3.08 bits per heavy atom. The van der Waals surface area contributed by atoms with E-state index in [1.54, 1.807) is 0 Å². The third-order valence-electron chi connectivity index (χ3n) is 1.95. The lowest BCUT2D eigenvalue weighted by atomic mass is 10.2. The number of pyridine rings is 1. The van der Waals surface area contributed by atoms with E-state index in [4.69, 9.17) is 8.85 Å². The van der Waals surface area contributed by atoms with E-state index in [-0.39, 0.29) is 10.0 Å². The van der Waals surface area contributed by atoms with Gasteiger partial charge in [-0.15, -0.1) is 0 Å². The minimum atomic E-state index is 0.0516. The second-order valence-corrected chi connectivity index (χ2v) is 3.35. The highest BCUT2D eigenvalue weighted by Crippen LogP contribution is 2.31. The number of para-hydroxylation sites is 1. The van der Waals surface area contributed by atoms with Gasteiger partial charge in [-0.3, -0.25) is 0 Å². The van der Waals surface area contributed by atoms with Crippen molar-refractivity contribution in [2.45, 2.75) is 0 Å². The Kier molecular flexibility index (Phi) is 1.31. The van der Waals surface area contributed by atoms with Gasteiger partial charge in [0.1, 0.15) is 0 Å². The summed E-state index contributed by atoms with van der Waals surface area (Å²) in [7, 11) is 0.0516. The Bertz CT molecular complexity index is 430. The lowest BCUT2D eigenvalue weighted by Gasteiger charge is -1.99. The second kappa shape index (κ2) is 2.47. The van der Waals surface area contributed by atoms with Crippen LogP contribution in [0.4, 0.5) is 0 Å². The Morgan fingerprint density at radius 1 is 1.15 bits per heavy atom. The molecule has 0 saturated carbocycles. The van der Waals surface area contributed by atoms with Crippen LogP contribution in [0.5, 0.6) is 11.6 Å². The molecule has 0 atom stereocenters. The number of rotatable bonds is 0. The summed E-state index contributed by atoms with van der Waals surface area (Å²) in [4.78, 5) is 4.32. The zero-order chi connectivity index (χ0) is 8.67. The van der Waals surface area contributed by atoms with Gasteiger partial charge in [0.15, 0.2) is 5.75 Å². The van der Waals surface area contributed by atoms with Crippen LogP contribution in [0, 0.1) is 0 Å². The fourth-order valence-corrected chi connectivity index (χ4v) is 1.83. The van der Waals surface area contributed by atoms with Gasteiger partial charge in [0, 0.05) is 5.39 Å². The minimum absolute atomic E-state index is 0.0516. The molecule has 13 heavy (non-hydrogen) atoms. The van der Waals surface area contributed by atoms with Gasteiger partial charge < -0.3 is 8.85 Å². The Labute approximate surface area is 77.4 Å². The zero-order valence-electron chi connectivity index (χ0n) is 6.65. The number of aromatic nitrogens is 1. The molecule has 3 rings (SSSR count). The lowest BCUT2D eigenvalue weighted by Crippen LogP contribution is -2.00. The molecule has 0 saturated heterocycles. The molecule has 0 fully saturated rings. The molecule has 0 N–H and O–H groups in total. The number of fused-ring (bicyclic) bond motifs is 2. The highest BCUT2D eigenvalue weighted by molar-refractivity contribution is 6.22. The van der Waals surface area contributed by atoms with Crippen molar-refractivity contribution in [2.24, 2.45) is 0 Å². The van der Waals surface area contributed by atoms with Crippen LogP contribution in [-0.4, -0.2) is 15.0 Å². The molecule has 0 unspecified atom stereocenters. The molecule has 1 aliphatic heterocycles. The molecule has 1 aromatic heterocycles. The largest absolute Gasteiger partial charge is 0.611 e. The van der Waals surface area contributed by atoms with Crippen LogP contribution in [0.15, 0.2) is 30.3 Å². The van der Waals surface area contributed by atoms with Crippen LogP contribution in [0.3, 0.4) is 0 Å². The van der Waals surface area contributed by atoms with Crippen molar-refractivity contribution in [3.63, 3.8) is 0 Å². The second-order valence-electron chi connectivity index (χ2n) is 2.77. The van der Waals surface area contributed by atoms with E-state index in [1.165, 1.54) is 0 Å². The maximum atomic E-state index is 5.25. The van der Waals surface area contributed by atoms with E-state index >= 15 is 0 Å². The zero-order valence-corrected chi connectivity index (χ0v) is 7.65. The monoisotopic (exact) mass is 187 g/mol. The Morgan fingerprint density at radius 2 is 2.08 bits per heavy atom. The first-order valence-electron chi connectivity index (χ1n) is 3.92. The molecule has 4 heteroatoms. The summed E-state index contributed by atoms with van der Waals surface area (Å²) in [6.07, 6.45) is 0. The minimum Gasteiger partial charge on any atom is -0.504 e. The van der Waals surface area contributed by atoms with E-state index in [9.17, 15) is 0 Å². The number of hydrogen-bond acceptors (Lipinski definition) is 3. The molecule has 1 aromatic carbocycles. The van der Waals surface area contributed by atoms with Crippen molar-refractivity contribution in [1.29, 1.82) is 0 Å². The van der Waals surface area contributed by atoms with Gasteiger partial charge in [0.05, 0.1) is 5.52 Å². The smallest absolute Gasteiger partial charge is 0.504 e. The van der Waals surface area contributed by atoms with Gasteiger partial charge in [-0.1, -0.05) is 18.2 Å². The number of benzene rings is 1. The SMILES string of the molecule is c1ccc2nc3c(cc2c1)O[Si]O3. The van der Waals surface area contributed by atoms with Crippen molar-refractivity contribution >= 4 is 20.9 Å². The van der Waals surface area contributed by atoms with Gasteiger partial charge in [-0.25, -0.2) is 4.98 Å². The standard InChI is InChI=1S/C9H5NO2Si/c1-2-4-7-6(3-1)5-8-9(10-7)12-13-11-8/h1-5H. The Balaban J connectivity index is 2.36. The van der Waals surface area contributed by atoms with E-state index in [0.717, 1.165) is 16.7 Å². The van der Waals surface area contributed by atoms with Crippen LogP contribution in [0.1, 0.15) is 0 Å². The number of hydrogen-bond donors (Lipinski definition) is 0. The summed E-state index contributed by atoms with van der Waals surface area (Å²) >= 11 is 0. The van der Waals surface area contributed by atoms with Crippen LogP contribution >= 0.6 is 0 Å². The average molecular weight is 187 g/mol. The van der Waals surface area contributed by atoms with Crippen molar-refractivity contribution < 1.29 is 8.85 Å². The average Bonchev–Trinajstić information content (AvgIpc) is 2.61. The van der Waals surface area contributed by atoms with Gasteiger partial charge in [-0.05, 0) is 12.1 Å². The van der Waals surface area contributed by atoms with E-state index in [0.29, 0.717) is 5.88 Å². The van der Waals surface area contributed by atoms with Crippen molar-refractivity contribution in [1.82, 2.24) is 4.98 Å². The molecule has 1 aliphatic rings. The van der Waals surface area contributed by atoms with Crippen molar-refractivity contribution in [2.75, 3.05) is 0 Å². The Hall–Kier alpha value is -1.55. The quantitative estimate of drug-likeness (QED) is 0.586. The predicted molar refractivity (Wildman–Crippen MR) is 48.8 cm³/mol. The van der Waals surface area contributed by atoms with Crippen molar-refractivity contribution in [3.8, 4) is 11.6 Å². The maximum absolute atomic E-state index is 5.25. The van der Waals surface area contributed by atoms with Crippen LogP contribution < -0.4 is 8.85 Å². The van der Waals surface area contributed by atoms with Crippen LogP contribution in [-0.2, 0) is 0 Å². The van der Waals surface area contributed by atoms with E-state index in [2.05, 4.69) is 4.98 Å². The normalized spacial score (nSPS) is 13.5. The number of nitrogens with zero attached hydrogens (tertiary/aromatic N) is 1. The third kappa shape index (κ3) is 0.989. The molecular weight excluding hydrogens is 182 g/mol. The molecule has 0 bridgehead atoms. The molecule has 0 amide bonds. The molecule has 0 aliphatic carbocycles. The topological polar surface area (TPSA) is 31.4 Å². The van der Waals surface area contributed by atoms with Gasteiger partial charge in [0.2, 0.25) is 5.88 Å². The predicted octanol–water partition coefficient (Wildman–Crippen LogP) is 1.54. The molecule has 2 radical (unpaired) electrons. The first kappa shape index (κ1) is 6.91. The van der Waals surface area contributed by atoms with Gasteiger partial charge in [0.25, 0.3) is 0 Å². The highest BCUT2D eigenvalue weighted by Gasteiger charge is 2.18. The maximum Gasteiger partial charge on any atom is 0.611 e. The van der Waals surface area contributed by atoms with Crippen LogP contribution in [0.2, 0.25) is 0 Å². The fourth-order valence-electron chi connectivity index (χ4n) is 1.33. The first-order chi connectivity index (χ1) is 6.43. The van der Waals surface area contributed by atoms with Gasteiger partial charge in [-0.2, -0.15) is 0 Å². The van der Waals surface area contributed by atoms with E-state index < -0.39 is 0 Å². The molecule has 0 spiro atoms. The first-order valence-corrected chi connectivity index (χ1v) is 4.73. The van der Waals surface area contributed by atoms with Gasteiger partial charge >= 0.3 is 10.0 Å². The van der Waals surface area contributed by atoms with Crippen molar-refractivity contribution in [3.05, 3.63) is 30.3 Å². The molecule has 2 aromatic rings. The summed E-state index contributed by atoms with van der Waals surface area (Å²) in [5.74, 6) is 1.36. The molecule has 62 valence electrons. The molecule has 2 heterocycles. The summed E-state index contributed by atoms with van der Waals surface area (Å²) in [6.45, 7) is 0. The van der Waals surface area contributed by atoms with Crippen LogP contribution in [0.25, 0.3) is 10.9 Å². The molecular formula is C9H5NO2Si. The summed E-state index contributed by atoms with van der Waals surface area (Å²) < 4.78 is 10.5. The summed E-state index contributed by atoms with van der Waals surface area (Å²) in [5, 5.41) is 1.08. The lowest BCUT2D eigenvalue weighted by molar-refractivity contribution is 0.535. The highest BCUT2D eigenvalue weighted by atomic mass is 28.3. The summed E-state index contributed by atoms with van der Waals surface area (Å²) in [5.41, 5.74) is 0.941. The fraction of sp³-hybridized carbons (Fsp3) is 0. The van der Waals surface area contributed by atoms with E-state index in [1.807, 2.05) is 30.3 Å². The molecule has 3 nitrogen and oxygen atoms in total. The summed E-state index contributed by atoms with van der Waals surface area (Å²) in [6, 6.07) is 9.86. The third-order valence-corrected chi connectivity index (χ3v) is 2.53.